The molecule has 0 unspecified atom stereocenters. The molecule has 6 nitrogen and oxygen atoms in total. The number of hydrogen-bond donors (Lipinski definition) is 1. The molecule has 1 heterocycles. The molecule has 1 fully saturated rings. The predicted octanol–water partition coefficient (Wildman–Crippen LogP) is 2.64. The van der Waals surface area contributed by atoms with Crippen LogP contribution in [0.5, 0.6) is 0 Å². The number of rotatable bonds is 4. The van der Waals surface area contributed by atoms with Crippen LogP contribution < -0.4 is 5.14 Å². The van der Waals surface area contributed by atoms with Crippen LogP contribution in [0.3, 0.4) is 0 Å². The number of carbonyl (C=O) groups is 1. The fourth-order valence-electron chi connectivity index (χ4n) is 3.40. The summed E-state index contributed by atoms with van der Waals surface area (Å²) in [6.45, 7) is 5.33. The fourth-order valence-corrected chi connectivity index (χ4v) is 4.34. The van der Waals surface area contributed by atoms with Gasteiger partial charge in [0.2, 0.25) is 10.0 Å². The minimum absolute atomic E-state index is 0.00228. The number of nitrogens with zero attached hydrogens (tertiary/aromatic N) is 2. The molecule has 1 amide bonds. The number of primary sulfonamides is 1. The number of aryl methyl sites for hydroxylation is 1. The fraction of sp³-hybridized carbons (Fsp3) is 0.350. The third-order valence-corrected chi connectivity index (χ3v) is 6.24. The lowest BCUT2D eigenvalue weighted by atomic mass is 10.1. The lowest BCUT2D eigenvalue weighted by Gasteiger charge is -2.22. The van der Waals surface area contributed by atoms with Crippen molar-refractivity contribution in [1.29, 1.82) is 0 Å². The number of carbonyl (C=O) groups excluding carboxylic acids is 1. The van der Waals surface area contributed by atoms with Gasteiger partial charge in [0.05, 0.1) is 4.90 Å². The van der Waals surface area contributed by atoms with Crippen LogP contribution in [0.15, 0.2) is 47.4 Å². The van der Waals surface area contributed by atoms with Crippen LogP contribution >= 0.6 is 11.6 Å². The van der Waals surface area contributed by atoms with Gasteiger partial charge in [0.25, 0.3) is 5.91 Å². The second kappa shape index (κ2) is 8.61. The number of halogens is 1. The molecule has 0 bridgehead atoms. The minimum atomic E-state index is -3.86. The van der Waals surface area contributed by atoms with E-state index in [0.717, 1.165) is 26.1 Å². The summed E-state index contributed by atoms with van der Waals surface area (Å²) in [5.41, 5.74) is 2.06. The Morgan fingerprint density at radius 2 is 1.79 bits per heavy atom. The molecule has 0 radical (unpaired) electrons. The first-order chi connectivity index (χ1) is 13.2. The maximum Gasteiger partial charge on any atom is 0.253 e. The maximum atomic E-state index is 12.9. The van der Waals surface area contributed by atoms with Gasteiger partial charge < -0.3 is 4.90 Å². The highest BCUT2D eigenvalue weighted by Crippen LogP contribution is 2.18. The van der Waals surface area contributed by atoms with Crippen LogP contribution in [-0.2, 0) is 16.6 Å². The van der Waals surface area contributed by atoms with Crippen molar-refractivity contribution in [1.82, 2.24) is 9.80 Å². The quantitative estimate of drug-likeness (QED) is 0.822. The number of amides is 1. The SMILES string of the molecule is Cc1ccc(C(=O)N2CCCN(Cc3ccc(Cl)cc3)CC2)cc1S(N)(=O)=O. The van der Waals surface area contributed by atoms with E-state index in [1.807, 2.05) is 24.3 Å². The first kappa shape index (κ1) is 20.8. The Kier molecular flexibility index (Phi) is 6.40. The molecule has 1 aliphatic heterocycles. The van der Waals surface area contributed by atoms with Crippen molar-refractivity contribution in [2.45, 2.75) is 24.8 Å². The topological polar surface area (TPSA) is 83.7 Å². The molecule has 28 heavy (non-hydrogen) atoms. The molecule has 2 aromatic rings. The Hall–Kier alpha value is -1.93. The zero-order valence-corrected chi connectivity index (χ0v) is 17.3. The van der Waals surface area contributed by atoms with Gasteiger partial charge in [-0.1, -0.05) is 29.8 Å². The highest BCUT2D eigenvalue weighted by molar-refractivity contribution is 7.89. The Balaban J connectivity index is 1.68. The molecule has 2 aromatic carbocycles. The van der Waals surface area contributed by atoms with Gasteiger partial charge in [-0.05, 0) is 48.7 Å². The van der Waals surface area contributed by atoms with Crippen molar-refractivity contribution >= 4 is 27.5 Å². The largest absolute Gasteiger partial charge is 0.337 e. The summed E-state index contributed by atoms with van der Waals surface area (Å²) in [4.78, 5) is 17.0. The van der Waals surface area contributed by atoms with Crippen molar-refractivity contribution in [3.8, 4) is 0 Å². The van der Waals surface area contributed by atoms with Crippen LogP contribution in [0.25, 0.3) is 0 Å². The molecule has 0 atom stereocenters. The summed E-state index contributed by atoms with van der Waals surface area (Å²) in [5.74, 6) is -0.168. The van der Waals surface area contributed by atoms with Gasteiger partial charge in [0, 0.05) is 43.3 Å². The third-order valence-electron chi connectivity index (χ3n) is 4.94. The van der Waals surface area contributed by atoms with Crippen LogP contribution in [-0.4, -0.2) is 50.3 Å². The lowest BCUT2D eigenvalue weighted by molar-refractivity contribution is 0.0761. The van der Waals surface area contributed by atoms with Gasteiger partial charge in [0.1, 0.15) is 0 Å². The Labute approximate surface area is 170 Å². The summed E-state index contributed by atoms with van der Waals surface area (Å²) in [6.07, 6.45) is 0.854. The van der Waals surface area contributed by atoms with Crippen molar-refractivity contribution < 1.29 is 13.2 Å². The summed E-state index contributed by atoms with van der Waals surface area (Å²) in [6, 6.07) is 12.4. The summed E-state index contributed by atoms with van der Waals surface area (Å²) in [5, 5.41) is 5.98. The molecular weight excluding hydrogens is 398 g/mol. The van der Waals surface area contributed by atoms with Crippen molar-refractivity contribution in [3.05, 3.63) is 64.2 Å². The molecule has 0 aliphatic carbocycles. The van der Waals surface area contributed by atoms with E-state index in [1.165, 1.54) is 11.6 Å². The second-order valence-corrected chi connectivity index (χ2v) is 9.04. The van der Waals surface area contributed by atoms with Gasteiger partial charge in [0.15, 0.2) is 0 Å². The maximum absolute atomic E-state index is 12.9. The zero-order chi connectivity index (χ0) is 20.3. The molecule has 0 aromatic heterocycles. The Morgan fingerprint density at radius 3 is 2.46 bits per heavy atom. The number of nitrogens with two attached hydrogens (primary N) is 1. The normalized spacial score (nSPS) is 16.0. The summed E-state index contributed by atoms with van der Waals surface area (Å²) >= 11 is 5.94. The van der Waals surface area contributed by atoms with E-state index in [2.05, 4.69) is 4.90 Å². The first-order valence-corrected chi connectivity index (χ1v) is 11.1. The molecule has 0 saturated carbocycles. The first-order valence-electron chi connectivity index (χ1n) is 9.13. The van der Waals surface area contributed by atoms with Gasteiger partial charge >= 0.3 is 0 Å². The molecule has 1 saturated heterocycles. The van der Waals surface area contributed by atoms with E-state index in [-0.39, 0.29) is 10.8 Å². The average Bonchev–Trinajstić information content (AvgIpc) is 2.88. The van der Waals surface area contributed by atoms with Crippen molar-refractivity contribution in [2.75, 3.05) is 26.2 Å². The minimum Gasteiger partial charge on any atom is -0.337 e. The lowest BCUT2D eigenvalue weighted by Crippen LogP contribution is -2.35. The molecular formula is C20H24ClN3O3S. The van der Waals surface area contributed by atoms with Crippen molar-refractivity contribution in [3.63, 3.8) is 0 Å². The van der Waals surface area contributed by atoms with Crippen LogP contribution in [0, 0.1) is 6.92 Å². The second-order valence-electron chi connectivity index (χ2n) is 7.07. The Morgan fingerprint density at radius 1 is 1.07 bits per heavy atom. The predicted molar refractivity (Wildman–Crippen MR) is 110 cm³/mol. The molecule has 3 rings (SSSR count). The van der Waals surface area contributed by atoms with E-state index in [9.17, 15) is 13.2 Å². The third kappa shape index (κ3) is 5.11. The summed E-state index contributed by atoms with van der Waals surface area (Å²) < 4.78 is 23.5. The summed E-state index contributed by atoms with van der Waals surface area (Å²) in [7, 11) is -3.86. The molecule has 8 heteroatoms. The van der Waals surface area contributed by atoms with Crippen LogP contribution in [0.2, 0.25) is 5.02 Å². The van der Waals surface area contributed by atoms with E-state index < -0.39 is 10.0 Å². The van der Waals surface area contributed by atoms with E-state index >= 15 is 0 Å². The number of sulfonamides is 1. The monoisotopic (exact) mass is 421 g/mol. The Bertz CT molecular complexity index is 961. The van der Waals surface area contributed by atoms with Crippen LogP contribution in [0.4, 0.5) is 0 Å². The van der Waals surface area contributed by atoms with E-state index in [1.54, 1.807) is 24.0 Å². The van der Waals surface area contributed by atoms with Gasteiger partial charge in [-0.15, -0.1) is 0 Å². The standard InChI is InChI=1S/C20H24ClN3O3S/c1-15-3-6-17(13-19(15)28(22,26)27)20(25)24-10-2-9-23(11-12-24)14-16-4-7-18(21)8-5-16/h3-8,13H,2,9-12,14H2,1H3,(H2,22,26,27). The number of hydrogen-bond acceptors (Lipinski definition) is 4. The highest BCUT2D eigenvalue weighted by Gasteiger charge is 2.22. The zero-order valence-electron chi connectivity index (χ0n) is 15.8. The van der Waals surface area contributed by atoms with Gasteiger partial charge in [-0.3, -0.25) is 9.69 Å². The average molecular weight is 422 g/mol. The van der Waals surface area contributed by atoms with Gasteiger partial charge in [-0.2, -0.15) is 0 Å². The highest BCUT2D eigenvalue weighted by atomic mass is 35.5. The molecule has 2 N–H and O–H groups in total. The molecule has 150 valence electrons. The van der Waals surface area contributed by atoms with Crippen LogP contribution in [0.1, 0.15) is 27.9 Å². The smallest absolute Gasteiger partial charge is 0.253 e. The number of benzene rings is 2. The van der Waals surface area contributed by atoms with E-state index in [0.29, 0.717) is 29.2 Å². The molecule has 1 aliphatic rings. The molecule has 0 spiro atoms. The van der Waals surface area contributed by atoms with E-state index in [4.69, 9.17) is 16.7 Å². The van der Waals surface area contributed by atoms with Crippen molar-refractivity contribution in [2.24, 2.45) is 5.14 Å². The van der Waals surface area contributed by atoms with Gasteiger partial charge in [-0.25, -0.2) is 13.6 Å².